The molecule has 1 aromatic heterocycles. The van der Waals surface area contributed by atoms with Crippen LogP contribution in [0.1, 0.15) is 39.3 Å². The van der Waals surface area contributed by atoms with Gasteiger partial charge in [-0.3, -0.25) is 9.48 Å². The molecule has 2 heterocycles. The summed E-state index contributed by atoms with van der Waals surface area (Å²) in [5.74, 6) is 1.48. The van der Waals surface area contributed by atoms with Crippen molar-refractivity contribution in [3.8, 4) is 0 Å². The molecule has 5 nitrogen and oxygen atoms in total. The Bertz CT molecular complexity index is 450. The SMILES string of the molecule is CCCc1nn(C)c2c1NC(=O)C(CC(C)C)N2. The molecule has 1 aliphatic rings. The quantitative estimate of drug-likeness (QED) is 0.861. The van der Waals surface area contributed by atoms with Gasteiger partial charge in [0.2, 0.25) is 5.91 Å². The number of hydrogen-bond donors (Lipinski definition) is 2. The molecular weight excluding hydrogens is 228 g/mol. The molecule has 18 heavy (non-hydrogen) atoms. The first kappa shape index (κ1) is 12.9. The summed E-state index contributed by atoms with van der Waals surface area (Å²) >= 11 is 0. The van der Waals surface area contributed by atoms with E-state index in [1.807, 2.05) is 11.7 Å². The van der Waals surface area contributed by atoms with E-state index in [-0.39, 0.29) is 11.9 Å². The fourth-order valence-corrected chi connectivity index (χ4v) is 2.37. The number of fused-ring (bicyclic) bond motifs is 1. The van der Waals surface area contributed by atoms with Crippen molar-refractivity contribution >= 4 is 17.4 Å². The summed E-state index contributed by atoms with van der Waals surface area (Å²) in [6.45, 7) is 6.35. The monoisotopic (exact) mass is 250 g/mol. The smallest absolute Gasteiger partial charge is 0.247 e. The van der Waals surface area contributed by atoms with Gasteiger partial charge in [0.25, 0.3) is 0 Å². The van der Waals surface area contributed by atoms with Gasteiger partial charge in [-0.1, -0.05) is 27.2 Å². The largest absolute Gasteiger partial charge is 0.357 e. The van der Waals surface area contributed by atoms with Crippen molar-refractivity contribution in [3.05, 3.63) is 5.69 Å². The molecule has 1 atom stereocenters. The average Bonchev–Trinajstić information content (AvgIpc) is 2.57. The molecule has 1 amide bonds. The number of nitrogens with one attached hydrogen (secondary N) is 2. The second-order valence-electron chi connectivity index (χ2n) is 5.36. The first-order chi connectivity index (χ1) is 8.52. The lowest BCUT2D eigenvalue weighted by molar-refractivity contribution is -0.117. The third kappa shape index (κ3) is 2.35. The Morgan fingerprint density at radius 1 is 1.44 bits per heavy atom. The van der Waals surface area contributed by atoms with Gasteiger partial charge in [-0.15, -0.1) is 0 Å². The Hall–Kier alpha value is -1.52. The van der Waals surface area contributed by atoms with E-state index in [1.54, 1.807) is 0 Å². The van der Waals surface area contributed by atoms with Crippen molar-refractivity contribution in [2.75, 3.05) is 10.6 Å². The van der Waals surface area contributed by atoms with E-state index in [0.29, 0.717) is 5.92 Å². The number of rotatable bonds is 4. The molecule has 2 rings (SSSR count). The highest BCUT2D eigenvalue weighted by atomic mass is 16.2. The number of aryl methyl sites for hydroxylation is 2. The van der Waals surface area contributed by atoms with Gasteiger partial charge in [0.15, 0.2) is 0 Å². The number of anilines is 2. The second kappa shape index (κ2) is 5.00. The van der Waals surface area contributed by atoms with Crippen LogP contribution in [0, 0.1) is 5.92 Å². The maximum absolute atomic E-state index is 12.0. The van der Waals surface area contributed by atoms with Gasteiger partial charge in [-0.25, -0.2) is 0 Å². The van der Waals surface area contributed by atoms with E-state index in [9.17, 15) is 4.79 Å². The lowest BCUT2D eigenvalue weighted by Crippen LogP contribution is -2.40. The molecule has 0 saturated heterocycles. The maximum atomic E-state index is 12.0. The zero-order valence-corrected chi connectivity index (χ0v) is 11.6. The van der Waals surface area contributed by atoms with Crippen LogP contribution in [-0.4, -0.2) is 21.7 Å². The van der Waals surface area contributed by atoms with E-state index in [0.717, 1.165) is 36.5 Å². The van der Waals surface area contributed by atoms with Crippen molar-refractivity contribution in [1.82, 2.24) is 9.78 Å². The lowest BCUT2D eigenvalue weighted by Gasteiger charge is -2.26. The van der Waals surface area contributed by atoms with Gasteiger partial charge >= 0.3 is 0 Å². The molecular formula is C13H22N4O. The predicted octanol–water partition coefficient (Wildman–Crippen LogP) is 2.15. The molecule has 100 valence electrons. The first-order valence-electron chi connectivity index (χ1n) is 6.66. The van der Waals surface area contributed by atoms with Crippen LogP contribution in [0.5, 0.6) is 0 Å². The van der Waals surface area contributed by atoms with E-state index in [1.165, 1.54) is 0 Å². The molecule has 1 aromatic rings. The van der Waals surface area contributed by atoms with Gasteiger partial charge < -0.3 is 10.6 Å². The fourth-order valence-electron chi connectivity index (χ4n) is 2.37. The Morgan fingerprint density at radius 2 is 2.17 bits per heavy atom. The highest BCUT2D eigenvalue weighted by Crippen LogP contribution is 2.31. The number of hydrogen-bond acceptors (Lipinski definition) is 3. The van der Waals surface area contributed by atoms with Crippen LogP contribution in [0.15, 0.2) is 0 Å². The maximum Gasteiger partial charge on any atom is 0.247 e. The number of carbonyl (C=O) groups is 1. The van der Waals surface area contributed by atoms with E-state index in [4.69, 9.17) is 0 Å². The van der Waals surface area contributed by atoms with Crippen LogP contribution >= 0.6 is 0 Å². The summed E-state index contributed by atoms with van der Waals surface area (Å²) in [5.41, 5.74) is 1.84. The molecule has 0 aliphatic carbocycles. The summed E-state index contributed by atoms with van der Waals surface area (Å²) in [4.78, 5) is 12.0. The van der Waals surface area contributed by atoms with Gasteiger partial charge in [-0.05, 0) is 18.8 Å². The minimum Gasteiger partial charge on any atom is -0.357 e. The lowest BCUT2D eigenvalue weighted by atomic mass is 10.0. The second-order valence-corrected chi connectivity index (χ2v) is 5.36. The topological polar surface area (TPSA) is 59.0 Å². The van der Waals surface area contributed by atoms with Crippen molar-refractivity contribution in [2.45, 2.75) is 46.1 Å². The molecule has 5 heteroatoms. The van der Waals surface area contributed by atoms with Crippen LogP contribution in [0.3, 0.4) is 0 Å². The van der Waals surface area contributed by atoms with Crippen molar-refractivity contribution in [3.63, 3.8) is 0 Å². The van der Waals surface area contributed by atoms with Crippen LogP contribution in [-0.2, 0) is 18.3 Å². The Kier molecular flexibility index (Phi) is 3.59. The van der Waals surface area contributed by atoms with Gasteiger partial charge in [0, 0.05) is 7.05 Å². The minimum absolute atomic E-state index is 0.0570. The Balaban J connectivity index is 2.26. The molecule has 0 saturated carbocycles. The summed E-state index contributed by atoms with van der Waals surface area (Å²) < 4.78 is 1.83. The summed E-state index contributed by atoms with van der Waals surface area (Å²) in [7, 11) is 1.91. The number of carbonyl (C=O) groups excluding carboxylic acids is 1. The molecule has 0 fully saturated rings. The number of amides is 1. The van der Waals surface area contributed by atoms with Gasteiger partial charge in [0.1, 0.15) is 17.5 Å². The summed E-state index contributed by atoms with van der Waals surface area (Å²) in [5, 5.41) is 10.8. The third-order valence-electron chi connectivity index (χ3n) is 3.19. The van der Waals surface area contributed by atoms with Crippen LogP contribution in [0.4, 0.5) is 11.5 Å². The molecule has 0 radical (unpaired) electrons. The predicted molar refractivity (Wildman–Crippen MR) is 72.7 cm³/mol. The van der Waals surface area contributed by atoms with Crippen LogP contribution < -0.4 is 10.6 Å². The van der Waals surface area contributed by atoms with Crippen LogP contribution in [0.2, 0.25) is 0 Å². The van der Waals surface area contributed by atoms with Crippen molar-refractivity contribution < 1.29 is 4.79 Å². The zero-order valence-electron chi connectivity index (χ0n) is 11.6. The zero-order chi connectivity index (χ0) is 13.3. The fraction of sp³-hybridized carbons (Fsp3) is 0.692. The first-order valence-corrected chi connectivity index (χ1v) is 6.66. The summed E-state index contributed by atoms with van der Waals surface area (Å²) in [6, 6.07) is -0.151. The van der Waals surface area contributed by atoms with E-state index >= 15 is 0 Å². The highest BCUT2D eigenvalue weighted by Gasteiger charge is 2.30. The average molecular weight is 250 g/mol. The van der Waals surface area contributed by atoms with Crippen molar-refractivity contribution in [1.29, 1.82) is 0 Å². The number of aromatic nitrogens is 2. The van der Waals surface area contributed by atoms with E-state index < -0.39 is 0 Å². The standard InChI is InChI=1S/C13H22N4O/c1-5-6-9-11-12(17(4)16-9)14-10(7-8(2)3)13(18)15-11/h8,10,14H,5-7H2,1-4H3,(H,15,18). The molecule has 1 aliphatic heterocycles. The normalized spacial score (nSPS) is 18.5. The Morgan fingerprint density at radius 3 is 2.78 bits per heavy atom. The molecule has 0 spiro atoms. The summed E-state index contributed by atoms with van der Waals surface area (Å²) in [6.07, 6.45) is 2.74. The Labute approximate surface area is 108 Å². The van der Waals surface area contributed by atoms with Gasteiger partial charge in [0.05, 0.1) is 5.69 Å². The van der Waals surface area contributed by atoms with E-state index in [2.05, 4.69) is 36.5 Å². The molecule has 0 bridgehead atoms. The van der Waals surface area contributed by atoms with Crippen molar-refractivity contribution in [2.24, 2.45) is 13.0 Å². The number of nitrogens with zero attached hydrogens (tertiary/aromatic N) is 2. The highest BCUT2D eigenvalue weighted by molar-refractivity contribution is 6.03. The third-order valence-corrected chi connectivity index (χ3v) is 3.19. The van der Waals surface area contributed by atoms with Crippen LogP contribution in [0.25, 0.3) is 0 Å². The molecule has 1 unspecified atom stereocenters. The molecule has 0 aromatic carbocycles. The van der Waals surface area contributed by atoms with Gasteiger partial charge in [-0.2, -0.15) is 5.10 Å². The molecule has 2 N–H and O–H groups in total. The minimum atomic E-state index is -0.151.